The minimum atomic E-state index is -0.338. The summed E-state index contributed by atoms with van der Waals surface area (Å²) in [7, 11) is 0. The van der Waals surface area contributed by atoms with Gasteiger partial charge in [-0.25, -0.2) is 4.39 Å². The lowest BCUT2D eigenvalue weighted by Gasteiger charge is -2.15. The molecule has 0 heterocycles. The van der Waals surface area contributed by atoms with E-state index in [4.69, 9.17) is 22.1 Å². The maximum absolute atomic E-state index is 13.3. The molecular formula is C16H16BrClFNO. The van der Waals surface area contributed by atoms with E-state index >= 15 is 0 Å². The summed E-state index contributed by atoms with van der Waals surface area (Å²) in [6.07, 6.45) is 1.54. The number of ether oxygens (including phenoxy) is 1. The summed E-state index contributed by atoms with van der Waals surface area (Å²) < 4.78 is 19.5. The van der Waals surface area contributed by atoms with Crippen molar-refractivity contribution in [2.75, 3.05) is 0 Å². The predicted octanol–water partition coefficient (Wildman–Crippen LogP) is 5.31. The fourth-order valence-electron chi connectivity index (χ4n) is 1.91. The van der Waals surface area contributed by atoms with E-state index in [2.05, 4.69) is 15.9 Å². The van der Waals surface area contributed by atoms with Crippen LogP contribution >= 0.6 is 27.5 Å². The van der Waals surface area contributed by atoms with Gasteiger partial charge < -0.3 is 10.5 Å². The van der Waals surface area contributed by atoms with Crippen LogP contribution in [-0.2, 0) is 6.42 Å². The molecule has 5 heteroatoms. The zero-order chi connectivity index (χ0) is 15.4. The Morgan fingerprint density at radius 1 is 1.33 bits per heavy atom. The number of para-hydroxylation sites is 1. The van der Waals surface area contributed by atoms with Crippen molar-refractivity contribution in [2.24, 2.45) is 5.73 Å². The van der Waals surface area contributed by atoms with Gasteiger partial charge in [-0.1, -0.05) is 30.7 Å². The van der Waals surface area contributed by atoms with Gasteiger partial charge in [0, 0.05) is 6.04 Å². The molecule has 0 fully saturated rings. The van der Waals surface area contributed by atoms with Gasteiger partial charge in [0.05, 0.1) is 9.50 Å². The standard InChI is InChI=1S/C16H16BrClFNO/c1-2-11(20)8-10-4-3-5-14(18)16(10)21-12-6-7-15(19)13(17)9-12/h3-7,9,11H,2,8,20H2,1H3. The van der Waals surface area contributed by atoms with Crippen molar-refractivity contribution >= 4 is 27.5 Å². The van der Waals surface area contributed by atoms with Crippen molar-refractivity contribution < 1.29 is 9.13 Å². The molecule has 2 nitrogen and oxygen atoms in total. The van der Waals surface area contributed by atoms with Gasteiger partial charge in [0.15, 0.2) is 0 Å². The molecular weight excluding hydrogens is 357 g/mol. The second kappa shape index (κ2) is 7.25. The van der Waals surface area contributed by atoms with Crippen LogP contribution in [0.2, 0.25) is 5.02 Å². The number of benzene rings is 2. The van der Waals surface area contributed by atoms with E-state index in [1.807, 2.05) is 19.1 Å². The van der Waals surface area contributed by atoms with Gasteiger partial charge in [0.2, 0.25) is 0 Å². The summed E-state index contributed by atoms with van der Waals surface area (Å²) in [4.78, 5) is 0. The molecule has 21 heavy (non-hydrogen) atoms. The van der Waals surface area contributed by atoms with Gasteiger partial charge in [0.25, 0.3) is 0 Å². The molecule has 0 aliphatic rings. The summed E-state index contributed by atoms with van der Waals surface area (Å²) in [6, 6.07) is 10.1. The zero-order valence-corrected chi connectivity index (χ0v) is 13.9. The molecule has 2 N–H and O–H groups in total. The first-order chi connectivity index (χ1) is 10.0. The van der Waals surface area contributed by atoms with Crippen LogP contribution in [-0.4, -0.2) is 6.04 Å². The van der Waals surface area contributed by atoms with E-state index in [9.17, 15) is 4.39 Å². The fourth-order valence-corrected chi connectivity index (χ4v) is 2.50. The molecule has 1 unspecified atom stereocenters. The molecule has 112 valence electrons. The maximum Gasteiger partial charge on any atom is 0.149 e. The summed E-state index contributed by atoms with van der Waals surface area (Å²) in [5.41, 5.74) is 6.95. The fraction of sp³-hybridized carbons (Fsp3) is 0.250. The highest BCUT2D eigenvalue weighted by Gasteiger charge is 2.13. The van der Waals surface area contributed by atoms with Crippen LogP contribution in [0.15, 0.2) is 40.9 Å². The van der Waals surface area contributed by atoms with Crippen LogP contribution in [0.1, 0.15) is 18.9 Å². The van der Waals surface area contributed by atoms with Gasteiger partial charge in [0.1, 0.15) is 17.3 Å². The molecule has 0 aromatic heterocycles. The van der Waals surface area contributed by atoms with Gasteiger partial charge in [-0.3, -0.25) is 0 Å². The van der Waals surface area contributed by atoms with Crippen molar-refractivity contribution in [2.45, 2.75) is 25.8 Å². The minimum absolute atomic E-state index is 0.0470. The summed E-state index contributed by atoms with van der Waals surface area (Å²) >= 11 is 9.37. The van der Waals surface area contributed by atoms with Gasteiger partial charge >= 0.3 is 0 Å². The molecule has 0 radical (unpaired) electrons. The highest BCUT2D eigenvalue weighted by Crippen LogP contribution is 2.35. The summed E-state index contributed by atoms with van der Waals surface area (Å²) in [5.74, 6) is 0.749. The Kier molecular flexibility index (Phi) is 5.62. The van der Waals surface area contributed by atoms with Crippen molar-refractivity contribution in [3.8, 4) is 11.5 Å². The van der Waals surface area contributed by atoms with E-state index in [-0.39, 0.29) is 11.9 Å². The number of hydrogen-bond acceptors (Lipinski definition) is 2. The molecule has 0 amide bonds. The monoisotopic (exact) mass is 371 g/mol. The van der Waals surface area contributed by atoms with Gasteiger partial charge in [-0.2, -0.15) is 0 Å². The first-order valence-electron chi connectivity index (χ1n) is 6.67. The van der Waals surface area contributed by atoms with Crippen LogP contribution < -0.4 is 10.5 Å². The van der Waals surface area contributed by atoms with E-state index in [0.29, 0.717) is 27.4 Å². The molecule has 0 aliphatic carbocycles. The Morgan fingerprint density at radius 2 is 2.10 bits per heavy atom. The SMILES string of the molecule is CCC(N)Cc1cccc(Cl)c1Oc1ccc(F)c(Br)c1. The lowest BCUT2D eigenvalue weighted by molar-refractivity contribution is 0.470. The highest BCUT2D eigenvalue weighted by atomic mass is 79.9. The van der Waals surface area contributed by atoms with Gasteiger partial charge in [-0.05, 0) is 58.6 Å². The molecule has 0 spiro atoms. The molecule has 2 rings (SSSR count). The van der Waals surface area contributed by atoms with Crippen molar-refractivity contribution in [3.63, 3.8) is 0 Å². The number of hydrogen-bond donors (Lipinski definition) is 1. The first kappa shape index (κ1) is 16.3. The van der Waals surface area contributed by atoms with E-state index in [0.717, 1.165) is 12.0 Å². The van der Waals surface area contributed by atoms with Crippen molar-refractivity contribution in [1.82, 2.24) is 0 Å². The molecule has 1 atom stereocenters. The van der Waals surface area contributed by atoms with Crippen molar-refractivity contribution in [3.05, 3.63) is 57.3 Å². The molecule has 0 saturated carbocycles. The molecule has 2 aromatic carbocycles. The lowest BCUT2D eigenvalue weighted by atomic mass is 10.0. The van der Waals surface area contributed by atoms with Crippen LogP contribution in [0.4, 0.5) is 4.39 Å². The first-order valence-corrected chi connectivity index (χ1v) is 7.84. The highest BCUT2D eigenvalue weighted by molar-refractivity contribution is 9.10. The van der Waals surface area contributed by atoms with Crippen LogP contribution in [0.3, 0.4) is 0 Å². The van der Waals surface area contributed by atoms with Crippen molar-refractivity contribution in [1.29, 1.82) is 0 Å². The molecule has 2 aromatic rings. The number of rotatable bonds is 5. The second-order valence-electron chi connectivity index (χ2n) is 4.78. The van der Waals surface area contributed by atoms with Crippen LogP contribution in [0.25, 0.3) is 0 Å². The van der Waals surface area contributed by atoms with Crippen LogP contribution in [0.5, 0.6) is 11.5 Å². The molecule has 0 saturated heterocycles. The quantitative estimate of drug-likeness (QED) is 0.771. The Bertz CT molecular complexity index is 636. The van der Waals surface area contributed by atoms with E-state index in [1.54, 1.807) is 18.2 Å². The molecule has 0 aliphatic heterocycles. The number of nitrogens with two attached hydrogens (primary N) is 1. The average Bonchev–Trinajstić information content (AvgIpc) is 2.46. The summed E-state index contributed by atoms with van der Waals surface area (Å²) in [6.45, 7) is 2.03. The third-order valence-corrected chi connectivity index (χ3v) is 4.07. The largest absolute Gasteiger partial charge is 0.455 e. The number of halogens is 3. The minimum Gasteiger partial charge on any atom is -0.455 e. The van der Waals surface area contributed by atoms with E-state index in [1.165, 1.54) is 6.07 Å². The topological polar surface area (TPSA) is 35.2 Å². The predicted molar refractivity (Wildman–Crippen MR) is 87.6 cm³/mol. The van der Waals surface area contributed by atoms with E-state index < -0.39 is 0 Å². The average molecular weight is 373 g/mol. The normalized spacial score (nSPS) is 12.2. The Morgan fingerprint density at radius 3 is 2.76 bits per heavy atom. The molecule has 0 bridgehead atoms. The Balaban J connectivity index is 2.31. The summed E-state index contributed by atoms with van der Waals surface area (Å²) in [5, 5.41) is 0.510. The zero-order valence-electron chi connectivity index (χ0n) is 11.6. The smallest absolute Gasteiger partial charge is 0.149 e. The third kappa shape index (κ3) is 4.19. The van der Waals surface area contributed by atoms with Crippen LogP contribution in [0, 0.1) is 5.82 Å². The maximum atomic E-state index is 13.3. The van der Waals surface area contributed by atoms with Gasteiger partial charge in [-0.15, -0.1) is 0 Å². The second-order valence-corrected chi connectivity index (χ2v) is 6.04. The third-order valence-electron chi connectivity index (χ3n) is 3.17. The lowest BCUT2D eigenvalue weighted by Crippen LogP contribution is -2.21. The Labute approximate surface area is 137 Å². The Hall–Kier alpha value is -1.10.